The third-order valence-electron chi connectivity index (χ3n) is 2.83. The molecule has 0 radical (unpaired) electrons. The summed E-state index contributed by atoms with van der Waals surface area (Å²) in [6.07, 6.45) is 1.89. The number of rotatable bonds is 3. The van der Waals surface area contributed by atoms with E-state index >= 15 is 0 Å². The second-order valence-electron chi connectivity index (χ2n) is 4.27. The molecule has 0 bridgehead atoms. The Morgan fingerprint density at radius 3 is 2.62 bits per heavy atom. The molecule has 6 heteroatoms. The monoisotopic (exact) mass is 380 g/mol. The number of fused-ring (bicyclic) bond motifs is 1. The zero-order chi connectivity index (χ0) is 14.8. The largest absolute Gasteiger partial charge is 0.439 e. The molecule has 0 unspecified atom stereocenters. The van der Waals surface area contributed by atoms with E-state index in [2.05, 4.69) is 32.0 Å². The number of hydrogen-bond donors (Lipinski definition) is 0. The van der Waals surface area contributed by atoms with E-state index in [0.29, 0.717) is 21.9 Å². The molecular weight excluding hydrogens is 372 g/mol. The van der Waals surface area contributed by atoms with Gasteiger partial charge in [0.2, 0.25) is 5.88 Å². The zero-order valence-electron chi connectivity index (χ0n) is 11.0. The molecule has 21 heavy (non-hydrogen) atoms. The summed E-state index contributed by atoms with van der Waals surface area (Å²) in [6, 6.07) is 13.6. The van der Waals surface area contributed by atoms with Crippen LogP contribution in [0.4, 0.5) is 0 Å². The summed E-state index contributed by atoms with van der Waals surface area (Å²) in [4.78, 5) is 8.36. The standard InChI is InChI=1S/C15H10BrClN2OS/c1-21-15-18-13(17)8-14(19-15)20-12-5-3-9-6-11(16)4-2-10(9)7-12/h2-8H,1H3. The number of benzene rings is 2. The van der Waals surface area contributed by atoms with Gasteiger partial charge in [-0.2, -0.15) is 4.98 Å². The lowest BCUT2D eigenvalue weighted by Gasteiger charge is -2.07. The van der Waals surface area contributed by atoms with Gasteiger partial charge < -0.3 is 4.74 Å². The molecule has 0 aliphatic carbocycles. The van der Waals surface area contributed by atoms with E-state index in [1.54, 1.807) is 6.07 Å². The summed E-state index contributed by atoms with van der Waals surface area (Å²) in [7, 11) is 0. The van der Waals surface area contributed by atoms with Gasteiger partial charge in [-0.15, -0.1) is 0 Å². The third-order valence-corrected chi connectivity index (χ3v) is 4.06. The average Bonchev–Trinajstić information content (AvgIpc) is 2.47. The molecule has 0 aliphatic heterocycles. The predicted molar refractivity (Wildman–Crippen MR) is 90.5 cm³/mol. The minimum Gasteiger partial charge on any atom is -0.439 e. The summed E-state index contributed by atoms with van der Waals surface area (Å²) < 4.78 is 6.83. The Hall–Kier alpha value is -1.30. The first-order chi connectivity index (χ1) is 10.1. The van der Waals surface area contributed by atoms with E-state index in [-0.39, 0.29) is 0 Å². The number of aromatic nitrogens is 2. The quantitative estimate of drug-likeness (QED) is 0.338. The lowest BCUT2D eigenvalue weighted by atomic mass is 10.1. The van der Waals surface area contributed by atoms with Crippen molar-refractivity contribution >= 4 is 50.1 Å². The van der Waals surface area contributed by atoms with Crippen LogP contribution in [0.25, 0.3) is 10.8 Å². The van der Waals surface area contributed by atoms with Crippen LogP contribution in [0.15, 0.2) is 52.1 Å². The van der Waals surface area contributed by atoms with Gasteiger partial charge >= 0.3 is 0 Å². The van der Waals surface area contributed by atoms with Crippen LogP contribution in [0.1, 0.15) is 0 Å². The predicted octanol–water partition coefficient (Wildman–Crippen LogP) is 5.56. The van der Waals surface area contributed by atoms with Gasteiger partial charge in [0.1, 0.15) is 10.9 Å². The van der Waals surface area contributed by atoms with Gasteiger partial charge in [-0.25, -0.2) is 4.98 Å². The molecule has 0 saturated heterocycles. The van der Waals surface area contributed by atoms with E-state index in [4.69, 9.17) is 16.3 Å². The van der Waals surface area contributed by atoms with Crippen molar-refractivity contribution in [1.29, 1.82) is 0 Å². The normalized spacial score (nSPS) is 10.8. The molecule has 0 fully saturated rings. The fourth-order valence-corrected chi connectivity index (χ4v) is 2.87. The highest BCUT2D eigenvalue weighted by atomic mass is 79.9. The van der Waals surface area contributed by atoms with E-state index < -0.39 is 0 Å². The van der Waals surface area contributed by atoms with Crippen molar-refractivity contribution in [2.75, 3.05) is 6.26 Å². The molecular formula is C15H10BrClN2OS. The van der Waals surface area contributed by atoms with Gasteiger partial charge in [0.15, 0.2) is 5.16 Å². The molecule has 0 amide bonds. The number of hydrogen-bond acceptors (Lipinski definition) is 4. The number of ether oxygens (including phenoxy) is 1. The molecule has 1 aromatic heterocycles. The fourth-order valence-electron chi connectivity index (χ4n) is 1.90. The van der Waals surface area contributed by atoms with Gasteiger partial charge in [0.25, 0.3) is 0 Å². The first kappa shape index (κ1) is 14.6. The maximum Gasteiger partial charge on any atom is 0.224 e. The molecule has 0 atom stereocenters. The SMILES string of the molecule is CSc1nc(Cl)cc(Oc2ccc3cc(Br)ccc3c2)n1. The van der Waals surface area contributed by atoms with Crippen molar-refractivity contribution in [3.63, 3.8) is 0 Å². The molecule has 0 N–H and O–H groups in total. The van der Waals surface area contributed by atoms with Crippen LogP contribution >= 0.6 is 39.3 Å². The summed E-state index contributed by atoms with van der Waals surface area (Å²) in [5.41, 5.74) is 0. The summed E-state index contributed by atoms with van der Waals surface area (Å²) in [5.74, 6) is 1.16. The van der Waals surface area contributed by atoms with Crippen molar-refractivity contribution in [2.24, 2.45) is 0 Å². The van der Waals surface area contributed by atoms with Gasteiger partial charge in [0, 0.05) is 10.5 Å². The van der Waals surface area contributed by atoms with E-state index in [1.165, 1.54) is 11.8 Å². The second kappa shape index (κ2) is 6.22. The van der Waals surface area contributed by atoms with Crippen LogP contribution in [0, 0.1) is 0 Å². The third kappa shape index (κ3) is 3.48. The van der Waals surface area contributed by atoms with Crippen LogP contribution in [-0.2, 0) is 0 Å². The molecule has 3 aromatic rings. The molecule has 106 valence electrons. The number of thioether (sulfide) groups is 1. The molecule has 0 aliphatic rings. The maximum atomic E-state index is 5.96. The zero-order valence-corrected chi connectivity index (χ0v) is 14.2. The Bertz CT molecular complexity index is 813. The smallest absolute Gasteiger partial charge is 0.224 e. The lowest BCUT2D eigenvalue weighted by Crippen LogP contribution is -1.92. The van der Waals surface area contributed by atoms with Crippen molar-refractivity contribution < 1.29 is 4.74 Å². The molecule has 3 rings (SSSR count). The van der Waals surface area contributed by atoms with Crippen molar-refractivity contribution in [1.82, 2.24) is 9.97 Å². The van der Waals surface area contributed by atoms with Crippen molar-refractivity contribution in [2.45, 2.75) is 5.16 Å². The minimum absolute atomic E-state index is 0.370. The van der Waals surface area contributed by atoms with Crippen molar-refractivity contribution in [3.05, 3.63) is 52.1 Å². The van der Waals surface area contributed by atoms with Gasteiger partial charge in [-0.05, 0) is 41.3 Å². The molecule has 0 saturated carbocycles. The second-order valence-corrected chi connectivity index (χ2v) is 6.35. The lowest BCUT2D eigenvalue weighted by molar-refractivity contribution is 0.456. The summed E-state index contributed by atoms with van der Waals surface area (Å²) in [5, 5.41) is 3.19. The van der Waals surface area contributed by atoms with Crippen molar-refractivity contribution in [3.8, 4) is 11.6 Å². The number of nitrogens with zero attached hydrogens (tertiary/aromatic N) is 2. The highest BCUT2D eigenvalue weighted by Crippen LogP contribution is 2.28. The molecule has 2 aromatic carbocycles. The highest BCUT2D eigenvalue weighted by Gasteiger charge is 2.06. The van der Waals surface area contributed by atoms with E-state index in [9.17, 15) is 0 Å². The first-order valence-corrected chi connectivity index (χ1v) is 8.49. The van der Waals surface area contributed by atoms with Crippen LogP contribution in [0.2, 0.25) is 5.15 Å². The van der Waals surface area contributed by atoms with Gasteiger partial charge in [0.05, 0.1) is 0 Å². The molecule has 1 heterocycles. The molecule has 0 spiro atoms. The highest BCUT2D eigenvalue weighted by molar-refractivity contribution is 9.10. The Kier molecular flexibility index (Phi) is 4.33. The van der Waals surface area contributed by atoms with E-state index in [0.717, 1.165) is 15.2 Å². The summed E-state index contributed by atoms with van der Waals surface area (Å²) in [6.45, 7) is 0. The molecule has 3 nitrogen and oxygen atoms in total. The topological polar surface area (TPSA) is 35.0 Å². The summed E-state index contributed by atoms with van der Waals surface area (Å²) >= 11 is 10.8. The first-order valence-electron chi connectivity index (χ1n) is 6.10. The Morgan fingerprint density at radius 1 is 1.05 bits per heavy atom. The average molecular weight is 382 g/mol. The Balaban J connectivity index is 1.94. The van der Waals surface area contributed by atoms with Crippen LogP contribution in [0.3, 0.4) is 0 Å². The Morgan fingerprint density at radius 2 is 1.81 bits per heavy atom. The van der Waals surface area contributed by atoms with Crippen LogP contribution in [-0.4, -0.2) is 16.2 Å². The Labute approximate surface area is 139 Å². The van der Waals surface area contributed by atoms with Crippen LogP contribution < -0.4 is 4.74 Å². The maximum absolute atomic E-state index is 5.96. The van der Waals surface area contributed by atoms with Gasteiger partial charge in [-0.1, -0.05) is 51.4 Å². The fraction of sp³-hybridized carbons (Fsp3) is 0.0667. The minimum atomic E-state index is 0.370. The van der Waals surface area contributed by atoms with Crippen LogP contribution in [0.5, 0.6) is 11.6 Å². The number of halogens is 2. The van der Waals surface area contributed by atoms with E-state index in [1.807, 2.05) is 36.6 Å². The van der Waals surface area contributed by atoms with Gasteiger partial charge in [-0.3, -0.25) is 0 Å².